The Morgan fingerprint density at radius 2 is 2.12 bits per heavy atom. The molecule has 0 saturated heterocycles. The number of carbonyl (C=O) groups is 2. The molecule has 2 N–H and O–H groups in total. The SMILES string of the molecule is C=CC(=O)OCCNC(=O)Oc1ccc2c(OC(C)O)cccc2c1. The van der Waals surface area contributed by atoms with E-state index in [0.29, 0.717) is 11.5 Å². The number of nitrogens with one attached hydrogen (secondary N) is 1. The monoisotopic (exact) mass is 345 g/mol. The number of fused-ring (bicyclic) bond motifs is 1. The minimum atomic E-state index is -0.928. The van der Waals surface area contributed by atoms with Crippen molar-refractivity contribution in [2.24, 2.45) is 0 Å². The van der Waals surface area contributed by atoms with Crippen LogP contribution in [0.2, 0.25) is 0 Å². The van der Waals surface area contributed by atoms with E-state index in [1.807, 2.05) is 6.07 Å². The maximum atomic E-state index is 11.7. The molecule has 1 amide bonds. The summed E-state index contributed by atoms with van der Waals surface area (Å²) in [6.07, 6.45) is -0.545. The molecule has 0 aromatic heterocycles. The quantitative estimate of drug-likeness (QED) is 0.346. The van der Waals surface area contributed by atoms with Crippen LogP contribution in [0.5, 0.6) is 11.5 Å². The van der Waals surface area contributed by atoms with Gasteiger partial charge in [0.25, 0.3) is 0 Å². The van der Waals surface area contributed by atoms with Crippen LogP contribution < -0.4 is 14.8 Å². The first-order chi connectivity index (χ1) is 12.0. The van der Waals surface area contributed by atoms with E-state index < -0.39 is 18.4 Å². The fourth-order valence-corrected chi connectivity index (χ4v) is 2.09. The van der Waals surface area contributed by atoms with Crippen LogP contribution in [0.25, 0.3) is 10.8 Å². The lowest BCUT2D eigenvalue weighted by Gasteiger charge is -2.12. The zero-order valence-electron chi connectivity index (χ0n) is 13.7. The summed E-state index contributed by atoms with van der Waals surface area (Å²) in [7, 11) is 0. The molecule has 2 rings (SSSR count). The largest absolute Gasteiger partial charge is 0.465 e. The van der Waals surface area contributed by atoms with E-state index in [1.54, 1.807) is 30.3 Å². The van der Waals surface area contributed by atoms with Gasteiger partial charge in [0, 0.05) is 11.5 Å². The summed E-state index contributed by atoms with van der Waals surface area (Å²) in [6, 6.07) is 10.4. The lowest BCUT2D eigenvalue weighted by molar-refractivity contribution is -0.137. The van der Waals surface area contributed by atoms with E-state index in [2.05, 4.69) is 11.9 Å². The van der Waals surface area contributed by atoms with Gasteiger partial charge in [-0.2, -0.15) is 0 Å². The van der Waals surface area contributed by atoms with Gasteiger partial charge in [-0.25, -0.2) is 9.59 Å². The van der Waals surface area contributed by atoms with Gasteiger partial charge in [-0.1, -0.05) is 18.7 Å². The molecule has 0 saturated carbocycles. The number of carbonyl (C=O) groups excluding carboxylic acids is 2. The molecule has 1 unspecified atom stereocenters. The molecule has 0 aliphatic heterocycles. The molecule has 1 atom stereocenters. The molecule has 25 heavy (non-hydrogen) atoms. The summed E-state index contributed by atoms with van der Waals surface area (Å²) in [4.78, 5) is 22.6. The van der Waals surface area contributed by atoms with Crippen LogP contribution in [0.3, 0.4) is 0 Å². The van der Waals surface area contributed by atoms with Gasteiger partial charge < -0.3 is 24.6 Å². The van der Waals surface area contributed by atoms with Crippen molar-refractivity contribution in [1.29, 1.82) is 0 Å². The third kappa shape index (κ3) is 5.50. The first-order valence-corrected chi connectivity index (χ1v) is 7.62. The molecule has 0 fully saturated rings. The number of hydrogen-bond donors (Lipinski definition) is 2. The van der Waals surface area contributed by atoms with Gasteiger partial charge in [-0.05, 0) is 36.6 Å². The van der Waals surface area contributed by atoms with Crippen LogP contribution >= 0.6 is 0 Å². The van der Waals surface area contributed by atoms with Crippen molar-refractivity contribution in [2.75, 3.05) is 13.2 Å². The van der Waals surface area contributed by atoms with Crippen LogP contribution in [0.15, 0.2) is 49.1 Å². The third-order valence-corrected chi connectivity index (χ3v) is 3.10. The molecular weight excluding hydrogens is 326 g/mol. The van der Waals surface area contributed by atoms with Crippen molar-refractivity contribution in [3.63, 3.8) is 0 Å². The molecular formula is C18H19NO6. The van der Waals surface area contributed by atoms with Crippen molar-refractivity contribution in [2.45, 2.75) is 13.2 Å². The maximum absolute atomic E-state index is 11.7. The molecule has 132 valence electrons. The number of amides is 1. The Morgan fingerprint density at radius 1 is 1.32 bits per heavy atom. The summed E-state index contributed by atoms with van der Waals surface area (Å²) in [5.74, 6) is 0.328. The Kier molecular flexibility index (Phi) is 6.36. The standard InChI is InChI=1S/C18H19NO6/c1-3-17(21)23-10-9-19-18(22)25-14-7-8-15-13(11-14)5-4-6-16(15)24-12(2)20/h3-8,11-12,20H,1,9-10H2,2H3,(H,19,22). The van der Waals surface area contributed by atoms with Gasteiger partial charge in [0.05, 0.1) is 6.54 Å². The smallest absolute Gasteiger partial charge is 0.412 e. The van der Waals surface area contributed by atoms with Crippen LogP contribution in [-0.4, -0.2) is 36.6 Å². The van der Waals surface area contributed by atoms with Crippen molar-refractivity contribution < 1.29 is 28.9 Å². The molecule has 2 aromatic carbocycles. The first kappa shape index (κ1) is 18.3. The van der Waals surface area contributed by atoms with Crippen molar-refractivity contribution >= 4 is 22.8 Å². The Hall–Kier alpha value is -3.06. The molecule has 0 heterocycles. The van der Waals surface area contributed by atoms with Crippen molar-refractivity contribution in [3.05, 3.63) is 49.1 Å². The Morgan fingerprint density at radius 3 is 2.84 bits per heavy atom. The van der Waals surface area contributed by atoms with E-state index in [1.165, 1.54) is 6.92 Å². The fourth-order valence-electron chi connectivity index (χ4n) is 2.09. The van der Waals surface area contributed by atoms with E-state index >= 15 is 0 Å². The Labute approximate surface area is 144 Å². The molecule has 0 bridgehead atoms. The van der Waals surface area contributed by atoms with Gasteiger partial charge in [-0.15, -0.1) is 0 Å². The van der Waals surface area contributed by atoms with Gasteiger partial charge in [0.15, 0.2) is 6.29 Å². The maximum Gasteiger partial charge on any atom is 0.412 e. The van der Waals surface area contributed by atoms with Gasteiger partial charge in [0.1, 0.15) is 18.1 Å². The van der Waals surface area contributed by atoms with Crippen LogP contribution in [0, 0.1) is 0 Å². The second-order valence-corrected chi connectivity index (χ2v) is 5.04. The summed E-state index contributed by atoms with van der Waals surface area (Å²) in [5.41, 5.74) is 0. The van der Waals surface area contributed by atoms with Crippen LogP contribution in [0.1, 0.15) is 6.92 Å². The second kappa shape index (κ2) is 8.70. The minimum absolute atomic E-state index is 0.0255. The van der Waals surface area contributed by atoms with E-state index in [0.717, 1.165) is 16.8 Å². The second-order valence-electron chi connectivity index (χ2n) is 5.04. The minimum Gasteiger partial charge on any atom is -0.465 e. The molecule has 0 radical (unpaired) electrons. The van der Waals surface area contributed by atoms with Crippen molar-refractivity contribution in [3.8, 4) is 11.5 Å². The molecule has 7 heteroatoms. The highest BCUT2D eigenvalue weighted by Gasteiger charge is 2.08. The van der Waals surface area contributed by atoms with Crippen LogP contribution in [-0.2, 0) is 9.53 Å². The van der Waals surface area contributed by atoms with Gasteiger partial charge >= 0.3 is 12.1 Å². The zero-order chi connectivity index (χ0) is 18.2. The number of rotatable bonds is 7. The predicted octanol–water partition coefficient (Wildman–Crippen LogP) is 2.37. The number of hydrogen-bond acceptors (Lipinski definition) is 6. The summed E-state index contributed by atoms with van der Waals surface area (Å²) >= 11 is 0. The molecule has 0 aliphatic carbocycles. The number of esters is 1. The summed E-state index contributed by atoms with van der Waals surface area (Å²) < 4.78 is 15.2. The zero-order valence-corrected chi connectivity index (χ0v) is 13.7. The Balaban J connectivity index is 1.96. The number of benzene rings is 2. The average Bonchev–Trinajstić information content (AvgIpc) is 2.58. The van der Waals surface area contributed by atoms with E-state index in [9.17, 15) is 14.7 Å². The van der Waals surface area contributed by atoms with Gasteiger partial charge in [0.2, 0.25) is 0 Å². The third-order valence-electron chi connectivity index (χ3n) is 3.10. The molecule has 0 spiro atoms. The van der Waals surface area contributed by atoms with Crippen molar-refractivity contribution in [1.82, 2.24) is 5.32 Å². The number of aliphatic hydroxyl groups is 1. The lowest BCUT2D eigenvalue weighted by atomic mass is 10.1. The highest BCUT2D eigenvalue weighted by molar-refractivity contribution is 5.90. The average molecular weight is 345 g/mol. The van der Waals surface area contributed by atoms with E-state index in [-0.39, 0.29) is 13.2 Å². The molecule has 7 nitrogen and oxygen atoms in total. The fraction of sp³-hybridized carbons (Fsp3) is 0.222. The number of ether oxygens (including phenoxy) is 3. The Bertz CT molecular complexity index is 771. The predicted molar refractivity (Wildman–Crippen MR) is 91.4 cm³/mol. The topological polar surface area (TPSA) is 94.1 Å². The highest BCUT2D eigenvalue weighted by atomic mass is 16.6. The first-order valence-electron chi connectivity index (χ1n) is 7.62. The molecule has 0 aliphatic rings. The lowest BCUT2D eigenvalue weighted by Crippen LogP contribution is -2.30. The van der Waals surface area contributed by atoms with Crippen LogP contribution in [0.4, 0.5) is 4.79 Å². The van der Waals surface area contributed by atoms with E-state index in [4.69, 9.17) is 14.2 Å². The summed E-state index contributed by atoms with van der Waals surface area (Å²) in [6.45, 7) is 4.94. The molecule has 2 aromatic rings. The van der Waals surface area contributed by atoms with Gasteiger partial charge in [-0.3, -0.25) is 0 Å². The summed E-state index contributed by atoms with van der Waals surface area (Å²) in [5, 5.41) is 13.4. The normalized spacial score (nSPS) is 11.4. The number of aliphatic hydroxyl groups excluding tert-OH is 1. The highest BCUT2D eigenvalue weighted by Crippen LogP contribution is 2.29.